The van der Waals surface area contributed by atoms with Gasteiger partial charge < -0.3 is 10.0 Å². The molecule has 2 heterocycles. The molecule has 0 aliphatic carbocycles. The van der Waals surface area contributed by atoms with Gasteiger partial charge in [0.15, 0.2) is 6.04 Å². The van der Waals surface area contributed by atoms with E-state index in [1.54, 1.807) is 6.92 Å². The molecule has 22 heavy (non-hydrogen) atoms. The highest BCUT2D eigenvalue weighted by Crippen LogP contribution is 2.51. The van der Waals surface area contributed by atoms with Gasteiger partial charge in [0.1, 0.15) is 17.2 Å². The fourth-order valence-corrected chi connectivity index (χ4v) is 4.66. The summed E-state index contributed by atoms with van der Waals surface area (Å²) >= 11 is 1.47. The van der Waals surface area contributed by atoms with Crippen molar-refractivity contribution in [3.63, 3.8) is 0 Å². The Kier molecular flexibility index (Phi) is 4.65. The van der Waals surface area contributed by atoms with Gasteiger partial charge in [0.05, 0.1) is 0 Å². The molecule has 2 aliphatic heterocycles. The van der Waals surface area contributed by atoms with Crippen LogP contribution in [0.4, 0.5) is 0 Å². The second kappa shape index (κ2) is 6.02. The van der Waals surface area contributed by atoms with Gasteiger partial charge in [-0.2, -0.15) is 0 Å². The van der Waals surface area contributed by atoms with Crippen LogP contribution in [0.5, 0.6) is 0 Å². The lowest BCUT2D eigenvalue weighted by molar-refractivity contribution is -0.158. The number of carboxylic acids is 1. The third-order valence-electron chi connectivity index (χ3n) is 3.99. The maximum absolute atomic E-state index is 12.3. The number of fused-ring (bicyclic) bond motifs is 1. The molecule has 6 nitrogen and oxygen atoms in total. The van der Waals surface area contributed by atoms with Gasteiger partial charge in [0.25, 0.3) is 5.91 Å². The van der Waals surface area contributed by atoms with E-state index in [1.807, 2.05) is 20.8 Å². The average Bonchev–Trinajstić information content (AvgIpc) is 2.65. The fourth-order valence-electron chi connectivity index (χ4n) is 3.05. The summed E-state index contributed by atoms with van der Waals surface area (Å²) in [5, 5.41) is 9.11. The number of ketones is 1. The molecule has 2 aliphatic rings. The number of aliphatic imine (C=N–C) groups is 1. The fraction of sp³-hybridized carbons (Fsp3) is 0.733. The molecule has 122 valence electrons. The molecular formula is C15H22N2O4S. The number of carbonyl (C=O) groups is 3. The number of aliphatic carboxylic acids is 1. The van der Waals surface area contributed by atoms with Crippen molar-refractivity contribution in [2.75, 3.05) is 0 Å². The summed E-state index contributed by atoms with van der Waals surface area (Å²) < 4.78 is -0.539. The number of Topliss-reactive ketones (excluding diaryl/α,β-unsaturated/α-hetero) is 1. The zero-order chi connectivity index (χ0) is 16.7. The molecule has 0 spiro atoms. The highest BCUT2D eigenvalue weighted by atomic mass is 32.2. The molecule has 7 heteroatoms. The van der Waals surface area contributed by atoms with E-state index in [1.165, 1.54) is 16.7 Å². The summed E-state index contributed by atoms with van der Waals surface area (Å²) in [6.07, 6.45) is 1.58. The van der Waals surface area contributed by atoms with Gasteiger partial charge in [-0.3, -0.25) is 14.6 Å². The van der Waals surface area contributed by atoms with Crippen LogP contribution in [0.15, 0.2) is 4.99 Å². The molecule has 0 aromatic carbocycles. The Morgan fingerprint density at radius 2 is 2.05 bits per heavy atom. The maximum atomic E-state index is 12.3. The summed E-state index contributed by atoms with van der Waals surface area (Å²) in [6.45, 7) is 7.37. The third-order valence-corrected chi connectivity index (χ3v) is 5.55. The second-order valence-electron chi connectivity index (χ2n) is 6.37. The van der Waals surface area contributed by atoms with Gasteiger partial charge in [0, 0.05) is 23.3 Å². The van der Waals surface area contributed by atoms with Crippen molar-refractivity contribution in [2.45, 2.75) is 69.2 Å². The van der Waals surface area contributed by atoms with Gasteiger partial charge in [-0.05, 0) is 27.2 Å². The summed E-state index contributed by atoms with van der Waals surface area (Å²) in [7, 11) is 0. The second-order valence-corrected chi connectivity index (χ2v) is 8.14. The smallest absolute Gasteiger partial charge is 0.327 e. The number of hydrogen-bond donors (Lipinski definition) is 1. The van der Waals surface area contributed by atoms with Crippen molar-refractivity contribution in [3.8, 4) is 0 Å². The predicted molar refractivity (Wildman–Crippen MR) is 85.2 cm³/mol. The Hall–Kier alpha value is -1.37. The van der Waals surface area contributed by atoms with Crippen molar-refractivity contribution in [2.24, 2.45) is 4.99 Å². The number of hydrogen-bond acceptors (Lipinski definition) is 5. The standard InChI is InChI=1S/C15H22N2O4S/c1-5-6-9(18)7-8(2)16-10-12(19)17-11(14(20)21)15(3,4)22-13(10)17/h10-11,13H,5-7H2,1-4H3,(H,20,21)/t10-,11+,13-/m1/s1. The minimum atomic E-state index is -0.981. The molecule has 1 N–H and O–H groups in total. The van der Waals surface area contributed by atoms with Gasteiger partial charge in [-0.15, -0.1) is 11.8 Å². The molecule has 3 atom stereocenters. The first-order valence-corrected chi connectivity index (χ1v) is 8.34. The lowest BCUT2D eigenvalue weighted by Gasteiger charge is -2.41. The SMILES string of the molecule is CCCC(=O)CC(C)=N[C@@H]1C(=O)N2[C@@H]1SC(C)(C)[C@@H]2C(=O)O. The van der Waals surface area contributed by atoms with Gasteiger partial charge in [-0.25, -0.2) is 4.79 Å². The predicted octanol–water partition coefficient (Wildman–Crippen LogP) is 1.72. The minimum Gasteiger partial charge on any atom is -0.480 e. The number of thioether (sulfide) groups is 1. The summed E-state index contributed by atoms with van der Waals surface area (Å²) in [6, 6.07) is -1.37. The van der Waals surface area contributed by atoms with Crippen LogP contribution in [-0.4, -0.2) is 55.6 Å². The maximum Gasteiger partial charge on any atom is 0.327 e. The van der Waals surface area contributed by atoms with E-state index in [0.717, 1.165) is 6.42 Å². The van der Waals surface area contributed by atoms with E-state index in [9.17, 15) is 19.5 Å². The Morgan fingerprint density at radius 1 is 1.41 bits per heavy atom. The van der Waals surface area contributed by atoms with Crippen molar-refractivity contribution < 1.29 is 19.5 Å². The third kappa shape index (κ3) is 2.91. The summed E-state index contributed by atoms with van der Waals surface area (Å²) in [5.74, 6) is -1.11. The van der Waals surface area contributed by atoms with Crippen LogP contribution in [0.1, 0.15) is 47.0 Å². The van der Waals surface area contributed by atoms with Crippen molar-refractivity contribution >= 4 is 35.1 Å². The molecule has 0 unspecified atom stereocenters. The van der Waals surface area contributed by atoms with Crippen molar-refractivity contribution in [3.05, 3.63) is 0 Å². The molecule has 0 bridgehead atoms. The highest BCUT2D eigenvalue weighted by molar-refractivity contribution is 8.01. The van der Waals surface area contributed by atoms with Crippen LogP contribution in [0.3, 0.4) is 0 Å². The molecule has 0 saturated carbocycles. The van der Waals surface area contributed by atoms with E-state index in [4.69, 9.17) is 0 Å². The van der Waals surface area contributed by atoms with Crippen LogP contribution in [-0.2, 0) is 14.4 Å². The van der Waals surface area contributed by atoms with E-state index < -0.39 is 22.8 Å². The van der Waals surface area contributed by atoms with Crippen LogP contribution < -0.4 is 0 Å². The van der Waals surface area contributed by atoms with Gasteiger partial charge in [0.2, 0.25) is 0 Å². The monoisotopic (exact) mass is 326 g/mol. The van der Waals surface area contributed by atoms with Crippen LogP contribution in [0.25, 0.3) is 0 Å². The highest BCUT2D eigenvalue weighted by Gasteiger charge is 2.63. The first-order chi connectivity index (χ1) is 10.2. The average molecular weight is 326 g/mol. The molecular weight excluding hydrogens is 304 g/mol. The van der Waals surface area contributed by atoms with Crippen LogP contribution >= 0.6 is 11.8 Å². The Balaban J connectivity index is 2.10. The quantitative estimate of drug-likeness (QED) is 0.593. The van der Waals surface area contributed by atoms with E-state index in [0.29, 0.717) is 12.1 Å². The zero-order valence-corrected chi connectivity index (χ0v) is 14.1. The lowest BCUT2D eigenvalue weighted by atomic mass is 9.96. The Labute approximate surface area is 134 Å². The molecule has 2 fully saturated rings. The van der Waals surface area contributed by atoms with E-state index in [-0.39, 0.29) is 23.5 Å². The number of carboxylic acid groups (broad SMARTS) is 1. The Morgan fingerprint density at radius 3 is 2.59 bits per heavy atom. The number of nitrogens with zero attached hydrogens (tertiary/aromatic N) is 2. The van der Waals surface area contributed by atoms with Gasteiger partial charge in [-0.1, -0.05) is 6.92 Å². The largest absolute Gasteiger partial charge is 0.480 e. The number of amides is 1. The molecule has 2 saturated heterocycles. The molecule has 0 aromatic heterocycles. The number of carbonyl (C=O) groups excluding carboxylic acids is 2. The number of β-lactam (4-membered cyclic amide) rings is 1. The summed E-state index contributed by atoms with van der Waals surface area (Å²) in [4.78, 5) is 41.1. The van der Waals surface area contributed by atoms with Gasteiger partial charge >= 0.3 is 5.97 Å². The van der Waals surface area contributed by atoms with Crippen LogP contribution in [0.2, 0.25) is 0 Å². The van der Waals surface area contributed by atoms with E-state index >= 15 is 0 Å². The normalized spacial score (nSPS) is 30.0. The van der Waals surface area contributed by atoms with E-state index in [2.05, 4.69) is 4.99 Å². The number of rotatable bonds is 6. The lowest BCUT2D eigenvalue weighted by Crippen LogP contribution is -2.65. The zero-order valence-electron chi connectivity index (χ0n) is 13.3. The Bertz CT molecular complexity index is 544. The molecule has 1 amide bonds. The minimum absolute atomic E-state index is 0.121. The summed E-state index contributed by atoms with van der Waals surface area (Å²) in [5.41, 5.74) is 0.647. The van der Waals surface area contributed by atoms with Crippen LogP contribution in [0, 0.1) is 0 Å². The topological polar surface area (TPSA) is 87.0 Å². The molecule has 2 rings (SSSR count). The first-order valence-electron chi connectivity index (χ1n) is 7.46. The molecule has 0 aromatic rings. The van der Waals surface area contributed by atoms with Crippen molar-refractivity contribution in [1.82, 2.24) is 4.90 Å². The van der Waals surface area contributed by atoms with Crippen molar-refractivity contribution in [1.29, 1.82) is 0 Å². The molecule has 0 radical (unpaired) electrons. The first kappa shape index (κ1) is 17.0.